The molecule has 0 bridgehead atoms. The number of thioether (sulfide) groups is 1. The Kier molecular flexibility index (Phi) is 8.80. The summed E-state index contributed by atoms with van der Waals surface area (Å²) < 4.78 is 9.75. The summed E-state index contributed by atoms with van der Waals surface area (Å²) in [5, 5.41) is 10.8. The summed E-state index contributed by atoms with van der Waals surface area (Å²) in [6.45, 7) is -0.505. The van der Waals surface area contributed by atoms with Crippen molar-refractivity contribution >= 4 is 34.9 Å². The molecule has 2 rings (SSSR count). The highest BCUT2D eigenvalue weighted by Gasteiger charge is 2.24. The van der Waals surface area contributed by atoms with E-state index in [9.17, 15) is 24.3 Å². The van der Waals surface area contributed by atoms with Crippen molar-refractivity contribution in [1.82, 2.24) is 5.32 Å². The predicted molar refractivity (Wildman–Crippen MR) is 102 cm³/mol. The minimum atomic E-state index is -1.27. The number of carboxylic acids is 1. The average molecular weight is 409 g/mol. The monoisotopic (exact) mass is 409 g/mol. The fourth-order valence-corrected chi connectivity index (χ4v) is 3.45. The zero-order chi connectivity index (χ0) is 20.4. The van der Waals surface area contributed by atoms with Crippen molar-refractivity contribution in [2.75, 3.05) is 12.5 Å². The molecule has 1 aromatic carbocycles. The van der Waals surface area contributed by atoms with E-state index in [4.69, 9.17) is 9.47 Å². The molecule has 8 nitrogen and oxygen atoms in total. The highest BCUT2D eigenvalue weighted by atomic mass is 32.2. The van der Waals surface area contributed by atoms with Gasteiger partial charge in [0.2, 0.25) is 6.79 Å². The Morgan fingerprint density at radius 2 is 1.75 bits per heavy atom. The van der Waals surface area contributed by atoms with Crippen molar-refractivity contribution in [2.45, 2.75) is 38.1 Å². The van der Waals surface area contributed by atoms with Crippen LogP contribution in [0.1, 0.15) is 42.5 Å². The highest BCUT2D eigenvalue weighted by Crippen LogP contribution is 2.24. The van der Waals surface area contributed by atoms with E-state index in [-0.39, 0.29) is 17.6 Å². The van der Waals surface area contributed by atoms with Gasteiger partial charge in [0.15, 0.2) is 0 Å². The molecule has 28 heavy (non-hydrogen) atoms. The molecule has 0 spiro atoms. The van der Waals surface area contributed by atoms with Crippen LogP contribution in [0.2, 0.25) is 0 Å². The number of carbonyl (C=O) groups is 4. The molecule has 0 unspecified atom stereocenters. The summed E-state index contributed by atoms with van der Waals surface area (Å²) >= 11 is 0.589. The van der Waals surface area contributed by atoms with Crippen molar-refractivity contribution in [1.29, 1.82) is 0 Å². The number of amides is 1. The van der Waals surface area contributed by atoms with Gasteiger partial charge >= 0.3 is 17.2 Å². The molecule has 1 aliphatic carbocycles. The van der Waals surface area contributed by atoms with E-state index in [1.807, 2.05) is 0 Å². The molecular formula is C19H23NO7S. The minimum absolute atomic E-state index is 0.148. The molecule has 1 fully saturated rings. The van der Waals surface area contributed by atoms with E-state index < -0.39 is 30.0 Å². The summed E-state index contributed by atoms with van der Waals surface area (Å²) in [7, 11) is 0. The maximum Gasteiger partial charge on any atom is 0.370 e. The van der Waals surface area contributed by atoms with Crippen molar-refractivity contribution in [3.05, 3.63) is 35.9 Å². The lowest BCUT2D eigenvalue weighted by Gasteiger charge is -2.19. The van der Waals surface area contributed by atoms with Crippen LogP contribution < -0.4 is 5.32 Å². The van der Waals surface area contributed by atoms with E-state index in [2.05, 4.69) is 5.32 Å². The van der Waals surface area contributed by atoms with Gasteiger partial charge in [-0.2, -0.15) is 0 Å². The van der Waals surface area contributed by atoms with E-state index in [1.165, 1.54) is 0 Å². The van der Waals surface area contributed by atoms with Crippen LogP contribution in [0.3, 0.4) is 0 Å². The topological polar surface area (TPSA) is 119 Å². The largest absolute Gasteiger partial charge is 0.480 e. The molecule has 0 saturated heterocycles. The first kappa shape index (κ1) is 21.7. The molecule has 0 heterocycles. The lowest BCUT2D eigenvalue weighted by Crippen LogP contribution is -2.42. The standard InChI is InChI=1S/C19H23NO7S/c21-16(13-7-3-1-4-8-13)20-15(17(22)23)11-28-19(25)27-12-26-18(24)14-9-5-2-6-10-14/h1,3-4,7-8,14-15H,2,5-6,9-12H2,(H,20,21)(H,22,23)/t15-/m0/s1. The van der Waals surface area contributed by atoms with Crippen LogP contribution in [-0.2, 0) is 19.1 Å². The van der Waals surface area contributed by atoms with Gasteiger partial charge in [0, 0.05) is 11.3 Å². The Morgan fingerprint density at radius 1 is 1.07 bits per heavy atom. The van der Waals surface area contributed by atoms with Gasteiger partial charge in [-0.25, -0.2) is 9.59 Å². The normalized spacial score (nSPS) is 15.3. The SMILES string of the molecule is O=C(OCOC(=O)C1CCCCC1)SC[C@H](NC(=O)c1ccccc1)C(=O)O. The number of hydrogen-bond donors (Lipinski definition) is 2. The number of hydrogen-bond acceptors (Lipinski definition) is 7. The van der Waals surface area contributed by atoms with E-state index in [1.54, 1.807) is 30.3 Å². The third-order valence-electron chi connectivity index (χ3n) is 4.32. The third kappa shape index (κ3) is 7.22. The van der Waals surface area contributed by atoms with E-state index >= 15 is 0 Å². The predicted octanol–water partition coefficient (Wildman–Crippen LogP) is 2.82. The smallest absolute Gasteiger partial charge is 0.370 e. The van der Waals surface area contributed by atoms with Crippen LogP contribution >= 0.6 is 11.8 Å². The first-order chi connectivity index (χ1) is 13.5. The molecule has 1 saturated carbocycles. The summed E-state index contributed by atoms with van der Waals surface area (Å²) in [6.07, 6.45) is 4.65. The number of rotatable bonds is 8. The molecule has 2 N–H and O–H groups in total. The maximum atomic E-state index is 12.0. The van der Waals surface area contributed by atoms with Gasteiger partial charge in [0.05, 0.1) is 5.92 Å². The van der Waals surface area contributed by atoms with Gasteiger partial charge < -0.3 is 19.9 Å². The van der Waals surface area contributed by atoms with Gasteiger partial charge in [-0.3, -0.25) is 9.59 Å². The molecule has 0 aromatic heterocycles. The number of carbonyl (C=O) groups excluding carboxylic acids is 3. The van der Waals surface area contributed by atoms with Crippen LogP contribution in [0, 0.1) is 5.92 Å². The zero-order valence-corrected chi connectivity index (χ0v) is 16.1. The Balaban J connectivity index is 1.70. The lowest BCUT2D eigenvalue weighted by atomic mass is 9.89. The molecule has 0 aliphatic heterocycles. The second-order valence-corrected chi connectivity index (χ2v) is 7.31. The summed E-state index contributed by atoms with van der Waals surface area (Å²) in [5.74, 6) is -2.57. The quantitative estimate of drug-likeness (QED) is 0.497. The molecule has 1 atom stereocenters. The molecule has 1 aliphatic rings. The average Bonchev–Trinajstić information content (AvgIpc) is 2.71. The van der Waals surface area contributed by atoms with Crippen molar-refractivity contribution in [3.63, 3.8) is 0 Å². The number of ether oxygens (including phenoxy) is 2. The number of nitrogens with one attached hydrogen (secondary N) is 1. The fraction of sp³-hybridized carbons (Fsp3) is 0.474. The minimum Gasteiger partial charge on any atom is -0.480 e. The van der Waals surface area contributed by atoms with E-state index in [0.29, 0.717) is 17.3 Å². The molecule has 152 valence electrons. The molecule has 1 amide bonds. The molecule has 1 aromatic rings. The Bertz CT molecular complexity index is 689. The third-order valence-corrected chi connectivity index (χ3v) is 5.18. The maximum absolute atomic E-state index is 12.0. The Morgan fingerprint density at radius 3 is 2.39 bits per heavy atom. The Hall–Kier alpha value is -2.55. The van der Waals surface area contributed by atoms with Crippen LogP contribution in [-0.4, -0.2) is 46.8 Å². The highest BCUT2D eigenvalue weighted by molar-refractivity contribution is 8.13. The van der Waals surface area contributed by atoms with Crippen LogP contribution in [0.4, 0.5) is 4.79 Å². The Labute approximate surface area is 167 Å². The molecule has 9 heteroatoms. The number of benzene rings is 1. The van der Waals surface area contributed by atoms with Crippen molar-refractivity contribution in [3.8, 4) is 0 Å². The molecule has 0 radical (unpaired) electrons. The van der Waals surface area contributed by atoms with Crippen molar-refractivity contribution in [2.24, 2.45) is 5.92 Å². The van der Waals surface area contributed by atoms with Gasteiger partial charge in [-0.05, 0) is 36.7 Å². The van der Waals surface area contributed by atoms with Crippen LogP contribution in [0.25, 0.3) is 0 Å². The summed E-state index contributed by atoms with van der Waals surface area (Å²) in [4.78, 5) is 46.9. The van der Waals surface area contributed by atoms with Gasteiger partial charge in [0.25, 0.3) is 5.91 Å². The van der Waals surface area contributed by atoms with Gasteiger partial charge in [-0.1, -0.05) is 37.5 Å². The second-order valence-electron chi connectivity index (χ2n) is 6.35. The fourth-order valence-electron chi connectivity index (χ4n) is 2.79. The summed E-state index contributed by atoms with van der Waals surface area (Å²) in [6, 6.07) is 6.89. The van der Waals surface area contributed by atoms with Gasteiger partial charge in [0.1, 0.15) is 6.04 Å². The first-order valence-corrected chi connectivity index (χ1v) is 10.0. The van der Waals surface area contributed by atoms with Gasteiger partial charge in [-0.15, -0.1) is 0 Å². The number of carboxylic acid groups (broad SMARTS) is 1. The first-order valence-electron chi connectivity index (χ1n) is 9.02. The van der Waals surface area contributed by atoms with Crippen LogP contribution in [0.15, 0.2) is 30.3 Å². The molecular weight excluding hydrogens is 386 g/mol. The van der Waals surface area contributed by atoms with Crippen LogP contribution in [0.5, 0.6) is 0 Å². The second kappa shape index (κ2) is 11.3. The lowest BCUT2D eigenvalue weighted by molar-refractivity contribution is -0.157. The summed E-state index contributed by atoms with van der Waals surface area (Å²) in [5.41, 5.74) is 0.316. The number of esters is 1. The van der Waals surface area contributed by atoms with E-state index in [0.717, 1.165) is 32.1 Å². The van der Waals surface area contributed by atoms with Crippen molar-refractivity contribution < 1.29 is 33.8 Å². The zero-order valence-electron chi connectivity index (χ0n) is 15.3. The number of aliphatic carboxylic acids is 1.